The molecule has 0 saturated carbocycles. The van der Waals surface area contributed by atoms with E-state index in [4.69, 9.17) is 14.6 Å². The molecule has 8 unspecified atom stereocenters. The van der Waals surface area contributed by atoms with E-state index in [-0.39, 0.29) is 67.6 Å². The molecule has 0 radical (unpaired) electrons. The van der Waals surface area contributed by atoms with Crippen LogP contribution in [0.25, 0.3) is 0 Å². The number of amides is 4. The summed E-state index contributed by atoms with van der Waals surface area (Å²) in [6.45, 7) is 15.8. The monoisotopic (exact) mass is 752 g/mol. The van der Waals surface area contributed by atoms with Crippen LogP contribution >= 0.6 is 0 Å². The second-order valence-electron chi connectivity index (χ2n) is 13.9. The number of hydrogen-bond acceptors (Lipinski definition) is 9. The summed E-state index contributed by atoms with van der Waals surface area (Å²) in [5.41, 5.74) is 1.32. The number of nitrogens with zero attached hydrogens (tertiary/aromatic N) is 2. The molecule has 1 aromatic rings. The lowest BCUT2D eigenvalue weighted by Gasteiger charge is -2.37. The number of carbonyl (C=O) groups excluding carboxylic acids is 4. The van der Waals surface area contributed by atoms with Gasteiger partial charge in [-0.2, -0.15) is 0 Å². The van der Waals surface area contributed by atoms with E-state index in [2.05, 4.69) is 62.7 Å². The Balaban J connectivity index is 0.000000832. The minimum atomic E-state index is -0.461. The summed E-state index contributed by atoms with van der Waals surface area (Å²) in [5, 5.41) is 26.7. The van der Waals surface area contributed by atoms with Crippen molar-refractivity contribution in [2.45, 2.75) is 130 Å². The van der Waals surface area contributed by atoms with E-state index in [1.165, 1.54) is 12.0 Å². The summed E-state index contributed by atoms with van der Waals surface area (Å²) in [6, 6.07) is 9.76. The van der Waals surface area contributed by atoms with Crippen molar-refractivity contribution >= 4 is 24.1 Å². The average Bonchev–Trinajstić information content (AvgIpc) is 3.64. The van der Waals surface area contributed by atoms with Gasteiger partial charge in [0.2, 0.25) is 24.1 Å². The number of aliphatic hydroxyl groups is 2. The van der Waals surface area contributed by atoms with Crippen molar-refractivity contribution in [2.75, 3.05) is 54.1 Å². The minimum absolute atomic E-state index is 0.0287. The van der Waals surface area contributed by atoms with Crippen LogP contribution < -0.4 is 16.0 Å². The highest BCUT2D eigenvalue weighted by Crippen LogP contribution is 2.25. The third-order valence-corrected chi connectivity index (χ3v) is 9.65. The van der Waals surface area contributed by atoms with Gasteiger partial charge in [0.05, 0.1) is 55.5 Å². The van der Waals surface area contributed by atoms with Crippen LogP contribution in [0.15, 0.2) is 30.3 Å². The summed E-state index contributed by atoms with van der Waals surface area (Å²) < 4.78 is 11.0. The van der Waals surface area contributed by atoms with Crippen molar-refractivity contribution in [3.8, 4) is 0 Å². The number of rotatable bonds is 16. The van der Waals surface area contributed by atoms with Crippen molar-refractivity contribution in [3.05, 3.63) is 35.9 Å². The number of aliphatic hydroxyl groups excluding tert-OH is 2. The zero-order valence-corrected chi connectivity index (χ0v) is 34.3. The van der Waals surface area contributed by atoms with E-state index in [1.807, 2.05) is 25.1 Å². The zero-order chi connectivity index (χ0) is 40.3. The lowest BCUT2D eigenvalue weighted by molar-refractivity contribution is -0.138. The smallest absolute Gasteiger partial charge is 0.242 e. The molecule has 0 aromatic heterocycles. The molecule has 2 heterocycles. The minimum Gasteiger partial charge on any atom is -0.395 e. The number of likely N-dealkylation sites (N-methyl/N-ethyl adjacent to an activating group) is 1. The molecule has 306 valence electrons. The molecular formula is C40H73N5O8. The maximum absolute atomic E-state index is 12.6. The molecule has 8 atom stereocenters. The van der Waals surface area contributed by atoms with E-state index in [0.717, 1.165) is 38.6 Å². The second kappa shape index (κ2) is 29.3. The molecule has 4 amide bonds. The average molecular weight is 752 g/mol. The van der Waals surface area contributed by atoms with Crippen molar-refractivity contribution in [3.63, 3.8) is 0 Å². The predicted octanol–water partition coefficient (Wildman–Crippen LogP) is 3.29. The Morgan fingerprint density at radius 3 is 2.15 bits per heavy atom. The van der Waals surface area contributed by atoms with Crippen molar-refractivity contribution in [1.82, 2.24) is 25.8 Å². The molecule has 1 aromatic carbocycles. The van der Waals surface area contributed by atoms with E-state index < -0.39 is 12.1 Å². The highest BCUT2D eigenvalue weighted by atomic mass is 16.5. The Hall–Kier alpha value is -3.10. The number of likely N-dealkylation sites (tertiary alicyclic amines) is 1. The van der Waals surface area contributed by atoms with Gasteiger partial charge in [-0.05, 0) is 51.5 Å². The Bertz CT molecular complexity index is 1130. The van der Waals surface area contributed by atoms with Gasteiger partial charge in [0, 0.05) is 34.4 Å². The number of carbonyl (C=O) groups is 4. The number of methoxy groups -OCH3 is 2. The number of ether oxygens (including phenoxy) is 2. The molecule has 53 heavy (non-hydrogen) atoms. The molecule has 2 aliphatic heterocycles. The van der Waals surface area contributed by atoms with Crippen molar-refractivity contribution in [1.29, 1.82) is 0 Å². The lowest BCUT2D eigenvalue weighted by Crippen LogP contribution is -2.54. The summed E-state index contributed by atoms with van der Waals surface area (Å²) in [4.78, 5) is 51.0. The van der Waals surface area contributed by atoms with Crippen LogP contribution in [0.5, 0.6) is 0 Å². The van der Waals surface area contributed by atoms with Gasteiger partial charge in [0.1, 0.15) is 0 Å². The first-order valence-electron chi connectivity index (χ1n) is 19.4. The van der Waals surface area contributed by atoms with Crippen LogP contribution in [0.1, 0.15) is 92.1 Å². The third-order valence-electron chi connectivity index (χ3n) is 9.65. The molecule has 3 rings (SSSR count). The number of nitrogens with one attached hydrogen (secondary N) is 3. The van der Waals surface area contributed by atoms with E-state index in [1.54, 1.807) is 38.0 Å². The quantitative estimate of drug-likeness (QED) is 0.159. The highest BCUT2D eigenvalue weighted by Gasteiger charge is 2.37. The van der Waals surface area contributed by atoms with E-state index >= 15 is 0 Å². The predicted molar refractivity (Wildman–Crippen MR) is 210 cm³/mol. The topological polar surface area (TPSA) is 170 Å². The third kappa shape index (κ3) is 18.7. The van der Waals surface area contributed by atoms with Crippen molar-refractivity contribution in [2.24, 2.45) is 11.8 Å². The zero-order valence-electron chi connectivity index (χ0n) is 34.3. The molecule has 0 bridgehead atoms. The lowest BCUT2D eigenvalue weighted by atomic mass is 9.91. The molecular weight excluding hydrogens is 678 g/mol. The standard InChI is InChI=1S/C18H35N3O4.C12H22N2O4.C7H8.C3H8/c1-6-12(3)17(15(7-2)25-5)21(4)16(23)11-20-18(24)14-10-13(22)8-9-19-14;1-9(12(17)13-5-7-15)11(18-2)10-4-3-6-14(10)8-16;1-7-5-3-2-4-6-7;1-3-2/h12-15,17,19,22H,6-11H2,1-5H3,(H,20,24);8-11,15H,3-7H2,1-2H3,(H,13,17);2-6H,1H3;3H2,1-2H3. The maximum atomic E-state index is 12.6. The largest absolute Gasteiger partial charge is 0.395 e. The van der Waals surface area contributed by atoms with E-state index in [0.29, 0.717) is 25.3 Å². The maximum Gasteiger partial charge on any atom is 0.242 e. The van der Waals surface area contributed by atoms with Gasteiger partial charge in [-0.1, -0.05) is 90.3 Å². The summed E-state index contributed by atoms with van der Waals surface area (Å²) in [6.07, 6.45) is 5.86. The van der Waals surface area contributed by atoms with Crippen LogP contribution in [0.2, 0.25) is 0 Å². The fourth-order valence-corrected chi connectivity index (χ4v) is 6.48. The number of piperidine rings is 1. The van der Waals surface area contributed by atoms with Gasteiger partial charge >= 0.3 is 0 Å². The van der Waals surface area contributed by atoms with Crippen LogP contribution in [-0.4, -0.2) is 135 Å². The first-order valence-corrected chi connectivity index (χ1v) is 19.4. The van der Waals surface area contributed by atoms with Gasteiger partial charge in [-0.3, -0.25) is 19.2 Å². The van der Waals surface area contributed by atoms with Gasteiger partial charge in [0.15, 0.2) is 0 Å². The molecule has 2 saturated heterocycles. The van der Waals surface area contributed by atoms with Crippen LogP contribution in [0.4, 0.5) is 0 Å². The van der Waals surface area contributed by atoms with Crippen LogP contribution in [0, 0.1) is 18.8 Å². The van der Waals surface area contributed by atoms with E-state index in [9.17, 15) is 24.3 Å². The Kier molecular flexibility index (Phi) is 27.6. The normalized spacial score (nSPS) is 20.6. The Labute approximate surface area is 319 Å². The SMILES string of the molecule is CCC.CCC(C)C(C(CC)OC)N(C)C(=O)CNC(=O)C1CC(O)CCN1.COC(C(C)C(=O)NCCO)C1CCCN1C=O.Cc1ccccc1. The Morgan fingerprint density at radius 2 is 1.68 bits per heavy atom. The first-order chi connectivity index (χ1) is 25.3. The summed E-state index contributed by atoms with van der Waals surface area (Å²) >= 11 is 0. The molecule has 2 aliphatic rings. The van der Waals surface area contributed by atoms with Crippen LogP contribution in [-0.2, 0) is 28.7 Å². The number of aryl methyl sites for hydroxylation is 1. The second-order valence-corrected chi connectivity index (χ2v) is 13.9. The molecule has 13 nitrogen and oxygen atoms in total. The highest BCUT2D eigenvalue weighted by molar-refractivity contribution is 5.87. The molecule has 13 heteroatoms. The van der Waals surface area contributed by atoms with Gasteiger partial charge in [0.25, 0.3) is 0 Å². The molecule has 0 spiro atoms. The molecule has 5 N–H and O–H groups in total. The van der Waals surface area contributed by atoms with Gasteiger partial charge in [-0.15, -0.1) is 0 Å². The fourth-order valence-electron chi connectivity index (χ4n) is 6.48. The number of benzene rings is 1. The summed E-state index contributed by atoms with van der Waals surface area (Å²) in [5.74, 6) is -0.588. The fraction of sp³-hybridized carbons (Fsp3) is 0.750. The van der Waals surface area contributed by atoms with Gasteiger partial charge in [-0.25, -0.2) is 0 Å². The van der Waals surface area contributed by atoms with Gasteiger partial charge < -0.3 is 45.4 Å². The van der Waals surface area contributed by atoms with Crippen molar-refractivity contribution < 1.29 is 38.9 Å². The van der Waals surface area contributed by atoms with Crippen LogP contribution in [0.3, 0.4) is 0 Å². The molecule has 2 fully saturated rings. The molecule has 0 aliphatic carbocycles. The Morgan fingerprint density at radius 1 is 1.04 bits per heavy atom. The number of hydrogen-bond donors (Lipinski definition) is 5. The summed E-state index contributed by atoms with van der Waals surface area (Å²) in [7, 11) is 5.00. The first kappa shape index (κ1) is 49.9.